The van der Waals surface area contributed by atoms with Crippen molar-refractivity contribution in [3.63, 3.8) is 0 Å². The van der Waals surface area contributed by atoms with E-state index < -0.39 is 0 Å². The van der Waals surface area contributed by atoms with Crippen LogP contribution >= 0.6 is 0 Å². The minimum Gasteiger partial charge on any atom is -0.675 e. The van der Waals surface area contributed by atoms with Gasteiger partial charge in [0.2, 0.25) is 0 Å². The van der Waals surface area contributed by atoms with E-state index in [1.165, 1.54) is 27.8 Å². The van der Waals surface area contributed by atoms with E-state index >= 15 is 0 Å². The van der Waals surface area contributed by atoms with Gasteiger partial charge in [-0.2, -0.15) is 11.1 Å². The van der Waals surface area contributed by atoms with Gasteiger partial charge in [-0.15, -0.1) is 13.0 Å². The predicted octanol–water partition coefficient (Wildman–Crippen LogP) is 7.79. The Hall–Kier alpha value is -1.03. The summed E-state index contributed by atoms with van der Waals surface area (Å²) in [6.45, 7) is 13.1. The predicted molar refractivity (Wildman–Crippen MR) is 128 cm³/mol. The Morgan fingerprint density at radius 3 is 1.34 bits per heavy atom. The number of benzene rings is 2. The van der Waals surface area contributed by atoms with Gasteiger partial charge in [-0.25, -0.2) is 5.57 Å². The minimum atomic E-state index is 0. The molecule has 1 radical (unpaired) electrons. The normalized spacial score (nSPS) is 16.7. The van der Waals surface area contributed by atoms with Crippen molar-refractivity contribution in [2.75, 3.05) is 0 Å². The third-order valence-corrected chi connectivity index (χ3v) is 4.69. The SMILES string of the molecule is CC1=[C-]C(C)C(C)=C1C.C[SiH]C.[Hf].[NH-]C1CC1.c1ccc(-c2ccccc2)cc1. The molecule has 2 aromatic carbocycles. The Morgan fingerprint density at radius 1 is 0.828 bits per heavy atom. The Bertz CT molecular complexity index is 696. The average Bonchev–Trinajstić information content (AvgIpc) is 3.47. The second-order valence-corrected chi connectivity index (χ2v) is 8.54. The van der Waals surface area contributed by atoms with Crippen LogP contribution in [0.1, 0.15) is 40.5 Å². The summed E-state index contributed by atoms with van der Waals surface area (Å²) >= 11 is 0. The van der Waals surface area contributed by atoms with E-state index in [0.29, 0.717) is 12.0 Å². The zero-order valence-corrected chi connectivity index (χ0v) is 23.7. The Labute approximate surface area is 200 Å². The molecule has 1 unspecified atom stereocenters. The fourth-order valence-electron chi connectivity index (χ4n) is 2.51. The van der Waals surface area contributed by atoms with Crippen LogP contribution in [0.5, 0.6) is 0 Å². The Balaban J connectivity index is 0.000000406. The molecule has 4 rings (SSSR count). The molecule has 1 fully saturated rings. The molecule has 1 saturated carbocycles. The molecule has 1 nitrogen and oxygen atoms in total. The first-order valence-electron chi connectivity index (χ1n) is 10.2. The van der Waals surface area contributed by atoms with Gasteiger partial charge < -0.3 is 5.73 Å². The second-order valence-electron chi connectivity index (χ2n) is 7.38. The van der Waals surface area contributed by atoms with Crippen molar-refractivity contribution < 1.29 is 25.8 Å². The number of hydrogen-bond donors (Lipinski definition) is 0. The summed E-state index contributed by atoms with van der Waals surface area (Å²) in [4.78, 5) is 0. The van der Waals surface area contributed by atoms with Crippen LogP contribution in [-0.2, 0) is 25.8 Å². The Kier molecular flexibility index (Phi) is 15.2. The van der Waals surface area contributed by atoms with Gasteiger partial charge in [-0.3, -0.25) is 6.08 Å². The van der Waals surface area contributed by atoms with Gasteiger partial charge in [0.15, 0.2) is 0 Å². The molecule has 29 heavy (non-hydrogen) atoms. The first-order valence-corrected chi connectivity index (χ1v) is 12.5. The monoisotopic (exact) mass is 570 g/mol. The molecule has 3 heteroatoms. The zero-order chi connectivity index (χ0) is 20.9. The van der Waals surface area contributed by atoms with Crippen LogP contribution in [0, 0.1) is 12.0 Å². The van der Waals surface area contributed by atoms with Gasteiger partial charge in [-0.1, -0.05) is 113 Å². The van der Waals surface area contributed by atoms with Crippen LogP contribution in [0.4, 0.5) is 0 Å². The quantitative estimate of drug-likeness (QED) is 0.248. The fraction of sp³-hybridized carbons (Fsp3) is 0.385. The van der Waals surface area contributed by atoms with Crippen molar-refractivity contribution in [3.05, 3.63) is 89.2 Å². The van der Waals surface area contributed by atoms with E-state index in [1.54, 1.807) is 0 Å². The van der Waals surface area contributed by atoms with Crippen molar-refractivity contribution in [1.82, 2.24) is 0 Å². The molecule has 2 aromatic rings. The fourth-order valence-corrected chi connectivity index (χ4v) is 2.51. The summed E-state index contributed by atoms with van der Waals surface area (Å²) in [6, 6.07) is 21.1. The van der Waals surface area contributed by atoms with Crippen molar-refractivity contribution in [1.29, 1.82) is 0 Å². The molecule has 0 bridgehead atoms. The Morgan fingerprint density at radius 2 is 1.17 bits per heavy atom. The van der Waals surface area contributed by atoms with Crippen LogP contribution in [0.3, 0.4) is 0 Å². The van der Waals surface area contributed by atoms with E-state index in [2.05, 4.69) is 95.4 Å². The molecule has 0 spiro atoms. The van der Waals surface area contributed by atoms with Crippen LogP contribution in [-0.4, -0.2) is 15.6 Å². The van der Waals surface area contributed by atoms with Gasteiger partial charge >= 0.3 is 0 Å². The third-order valence-electron chi connectivity index (χ3n) is 4.69. The first kappa shape index (κ1) is 28.0. The molecule has 0 heterocycles. The van der Waals surface area contributed by atoms with Gasteiger partial charge in [0.1, 0.15) is 0 Å². The molecule has 1 atom stereocenters. The van der Waals surface area contributed by atoms with Crippen molar-refractivity contribution in [2.24, 2.45) is 5.92 Å². The molecular formula is C26H36HfNSi-2. The van der Waals surface area contributed by atoms with Crippen LogP contribution in [0.25, 0.3) is 16.9 Å². The second kappa shape index (κ2) is 15.8. The zero-order valence-electron chi connectivity index (χ0n) is 18.9. The molecule has 2 aliphatic rings. The summed E-state index contributed by atoms with van der Waals surface area (Å²) in [5.74, 6) is 0.560. The molecule has 155 valence electrons. The molecule has 0 aromatic heterocycles. The molecular weight excluding hydrogens is 533 g/mol. The summed E-state index contributed by atoms with van der Waals surface area (Å²) in [7, 11) is 0.750. The standard InChI is InChI=1S/C12H10.C9H13.C3H6N.C2H7Si.Hf/c1-3-7-11(8-4-1)12-9-5-2-6-10-12;1-6-5-7(2)9(4)8(6)3;4-3-1-2-3;1-3-2;/h1-10H;6H,1-4H3;3-4H,1-2H2;3H,1-2H3;/q;2*-1;;. The number of nitrogens with one attached hydrogen (secondary N) is 1. The van der Waals surface area contributed by atoms with Crippen molar-refractivity contribution in [2.45, 2.75) is 59.7 Å². The third kappa shape index (κ3) is 11.7. The van der Waals surface area contributed by atoms with Gasteiger partial charge in [0, 0.05) is 35.4 Å². The summed E-state index contributed by atoms with van der Waals surface area (Å²) < 4.78 is 0. The molecule has 0 aliphatic heterocycles. The average molecular weight is 569 g/mol. The smallest absolute Gasteiger partial charge is 0.0213 e. The van der Waals surface area contributed by atoms with Crippen LogP contribution < -0.4 is 0 Å². The van der Waals surface area contributed by atoms with Crippen LogP contribution in [0.2, 0.25) is 13.1 Å². The molecule has 0 amide bonds. The maximum atomic E-state index is 6.69. The van der Waals surface area contributed by atoms with E-state index in [0.717, 1.165) is 22.4 Å². The maximum absolute atomic E-state index is 6.69. The van der Waals surface area contributed by atoms with E-state index in [-0.39, 0.29) is 25.8 Å². The minimum absolute atomic E-state index is 0. The summed E-state index contributed by atoms with van der Waals surface area (Å²) in [6.07, 6.45) is 5.66. The van der Waals surface area contributed by atoms with E-state index in [4.69, 9.17) is 5.73 Å². The number of hydrogen-bond acceptors (Lipinski definition) is 0. The van der Waals surface area contributed by atoms with E-state index in [1.807, 2.05) is 12.1 Å². The first-order chi connectivity index (χ1) is 13.4. The van der Waals surface area contributed by atoms with Gasteiger partial charge in [0.05, 0.1) is 0 Å². The topological polar surface area (TPSA) is 23.8 Å². The number of allylic oxidation sites excluding steroid dienone is 4. The summed E-state index contributed by atoms with van der Waals surface area (Å²) in [5, 5.41) is 0. The number of rotatable bonds is 1. The van der Waals surface area contributed by atoms with E-state index in [9.17, 15) is 0 Å². The molecule has 1 N–H and O–H groups in total. The van der Waals surface area contributed by atoms with Crippen molar-refractivity contribution in [3.8, 4) is 11.1 Å². The largest absolute Gasteiger partial charge is 0.675 e. The van der Waals surface area contributed by atoms with Gasteiger partial charge in [-0.05, 0) is 11.1 Å². The van der Waals surface area contributed by atoms with Gasteiger partial charge in [0.25, 0.3) is 0 Å². The summed E-state index contributed by atoms with van der Waals surface area (Å²) in [5.41, 5.74) is 13.5. The van der Waals surface area contributed by atoms with Crippen LogP contribution in [0.15, 0.2) is 77.4 Å². The maximum Gasteiger partial charge on any atom is 0.0213 e. The molecule has 0 saturated heterocycles. The van der Waals surface area contributed by atoms with Crippen molar-refractivity contribution >= 4 is 9.52 Å². The molecule has 2 aliphatic carbocycles.